The molecule has 4 heterocycles. The highest BCUT2D eigenvalue weighted by molar-refractivity contribution is 5.94. The normalized spacial score (nSPS) is 14.6. The van der Waals surface area contributed by atoms with Crippen LogP contribution in [0.1, 0.15) is 29.9 Å². The van der Waals surface area contributed by atoms with Crippen molar-refractivity contribution in [2.24, 2.45) is 0 Å². The average molecular weight is 544 g/mol. The number of H-pyrrole nitrogens is 3. The fraction of sp³-hybridized carbons (Fsp3) is 0.188. The third kappa shape index (κ3) is 4.92. The van der Waals surface area contributed by atoms with Crippen LogP contribution in [0.15, 0.2) is 88.5 Å². The molecule has 0 atom stereocenters. The molecule has 5 N–H and O–H groups in total. The van der Waals surface area contributed by atoms with Gasteiger partial charge in [0.25, 0.3) is 0 Å². The lowest BCUT2D eigenvalue weighted by molar-refractivity contribution is 0.204. The summed E-state index contributed by atoms with van der Waals surface area (Å²) >= 11 is 0. The quantitative estimate of drug-likeness (QED) is 0.247. The van der Waals surface area contributed by atoms with Gasteiger partial charge in [-0.3, -0.25) is 9.88 Å². The lowest BCUT2D eigenvalue weighted by Gasteiger charge is -2.32. The van der Waals surface area contributed by atoms with Gasteiger partial charge in [-0.2, -0.15) is 4.98 Å². The van der Waals surface area contributed by atoms with Gasteiger partial charge in [-0.1, -0.05) is 60.7 Å². The molecular formula is C32H29N7O2. The molecule has 3 aromatic heterocycles. The van der Waals surface area contributed by atoms with Gasteiger partial charge in [0.1, 0.15) is 5.82 Å². The number of hydrogen-bond acceptors (Lipinski definition) is 6. The SMILES string of the molecule is Nc1[nH]c(=O)nc2nc(-c3ccc(CN4CCC(c5ccc6[nH]c(=O)[nH]c6c5)CC4)cc3)c(-c3ccccc3)cc12. The summed E-state index contributed by atoms with van der Waals surface area (Å²) in [5, 5.41) is 0.619. The number of rotatable bonds is 5. The van der Waals surface area contributed by atoms with Crippen molar-refractivity contribution in [3.05, 3.63) is 111 Å². The first-order valence-corrected chi connectivity index (χ1v) is 13.8. The number of benzene rings is 3. The van der Waals surface area contributed by atoms with Crippen LogP contribution in [0.4, 0.5) is 5.82 Å². The molecule has 3 aromatic carbocycles. The minimum Gasteiger partial charge on any atom is -0.385 e. The van der Waals surface area contributed by atoms with Crippen molar-refractivity contribution in [1.29, 1.82) is 0 Å². The molecule has 7 rings (SSSR count). The smallest absolute Gasteiger partial charge is 0.348 e. The zero-order chi connectivity index (χ0) is 27.9. The van der Waals surface area contributed by atoms with Crippen LogP contribution in [0.5, 0.6) is 0 Å². The molecule has 0 amide bonds. The van der Waals surface area contributed by atoms with Gasteiger partial charge < -0.3 is 15.7 Å². The summed E-state index contributed by atoms with van der Waals surface area (Å²) in [7, 11) is 0. The molecular weight excluding hydrogens is 514 g/mol. The van der Waals surface area contributed by atoms with Crippen molar-refractivity contribution in [3.63, 3.8) is 0 Å². The summed E-state index contributed by atoms with van der Waals surface area (Å²) in [6, 6.07) is 26.7. The highest BCUT2D eigenvalue weighted by atomic mass is 16.1. The summed E-state index contributed by atoms with van der Waals surface area (Å²) in [6.07, 6.45) is 2.16. The molecule has 0 bridgehead atoms. The number of likely N-dealkylation sites (tertiary alicyclic amines) is 1. The minimum absolute atomic E-state index is 0.165. The van der Waals surface area contributed by atoms with Gasteiger partial charge in [0.05, 0.1) is 22.1 Å². The van der Waals surface area contributed by atoms with Crippen molar-refractivity contribution in [2.75, 3.05) is 18.8 Å². The first-order chi connectivity index (χ1) is 20.0. The zero-order valence-corrected chi connectivity index (χ0v) is 22.4. The van der Waals surface area contributed by atoms with Crippen LogP contribution in [0.25, 0.3) is 44.5 Å². The van der Waals surface area contributed by atoms with Gasteiger partial charge in [-0.15, -0.1) is 0 Å². The molecule has 204 valence electrons. The van der Waals surface area contributed by atoms with Crippen LogP contribution in [0.3, 0.4) is 0 Å². The molecule has 9 heteroatoms. The number of nitrogens with zero attached hydrogens (tertiary/aromatic N) is 3. The molecule has 0 spiro atoms. The highest BCUT2D eigenvalue weighted by Crippen LogP contribution is 2.34. The third-order valence-electron chi connectivity index (χ3n) is 8.06. The van der Waals surface area contributed by atoms with Crippen LogP contribution in [-0.2, 0) is 6.54 Å². The molecule has 1 fully saturated rings. The van der Waals surface area contributed by atoms with E-state index < -0.39 is 5.69 Å². The summed E-state index contributed by atoms with van der Waals surface area (Å²) < 4.78 is 0. The van der Waals surface area contributed by atoms with E-state index in [1.807, 2.05) is 42.5 Å². The summed E-state index contributed by atoms with van der Waals surface area (Å²) in [5.74, 6) is 0.747. The number of pyridine rings is 1. The number of aromatic amines is 3. The first kappa shape index (κ1) is 25.0. The molecule has 6 aromatic rings. The molecule has 0 radical (unpaired) electrons. The lowest BCUT2D eigenvalue weighted by Crippen LogP contribution is -2.32. The Hall–Kier alpha value is -5.02. The number of piperidine rings is 1. The largest absolute Gasteiger partial charge is 0.385 e. The fourth-order valence-electron chi connectivity index (χ4n) is 5.91. The Morgan fingerprint density at radius 1 is 0.805 bits per heavy atom. The Labute approximate surface area is 235 Å². The predicted molar refractivity (Wildman–Crippen MR) is 162 cm³/mol. The van der Waals surface area contributed by atoms with Gasteiger partial charge in [0, 0.05) is 17.7 Å². The monoisotopic (exact) mass is 543 g/mol. The average Bonchev–Trinajstić information content (AvgIpc) is 3.37. The van der Waals surface area contributed by atoms with Crippen LogP contribution in [-0.4, -0.2) is 42.9 Å². The van der Waals surface area contributed by atoms with Gasteiger partial charge in [-0.05, 0) is 66.7 Å². The summed E-state index contributed by atoms with van der Waals surface area (Å²) in [5.41, 5.74) is 13.7. The Balaban J connectivity index is 1.10. The highest BCUT2D eigenvalue weighted by Gasteiger charge is 2.21. The molecule has 1 aliphatic rings. The summed E-state index contributed by atoms with van der Waals surface area (Å²) in [6.45, 7) is 2.90. The number of imidazole rings is 1. The second kappa shape index (κ2) is 10.2. The van der Waals surface area contributed by atoms with Crippen molar-refractivity contribution >= 4 is 27.9 Å². The number of aromatic nitrogens is 5. The zero-order valence-electron chi connectivity index (χ0n) is 22.4. The maximum atomic E-state index is 12.0. The molecule has 0 aliphatic carbocycles. The minimum atomic E-state index is -0.514. The van der Waals surface area contributed by atoms with E-state index in [1.165, 1.54) is 11.1 Å². The molecule has 1 aliphatic heterocycles. The number of hydrogen-bond donors (Lipinski definition) is 4. The van der Waals surface area contributed by atoms with Crippen LogP contribution >= 0.6 is 0 Å². The van der Waals surface area contributed by atoms with E-state index in [0.29, 0.717) is 17.0 Å². The topological polar surface area (TPSA) is 137 Å². The van der Waals surface area contributed by atoms with Gasteiger partial charge in [0.2, 0.25) is 0 Å². The van der Waals surface area contributed by atoms with E-state index in [1.54, 1.807) is 0 Å². The second-order valence-corrected chi connectivity index (χ2v) is 10.7. The van der Waals surface area contributed by atoms with E-state index in [-0.39, 0.29) is 11.5 Å². The van der Waals surface area contributed by atoms with E-state index in [2.05, 4.69) is 61.2 Å². The van der Waals surface area contributed by atoms with Crippen molar-refractivity contribution in [2.45, 2.75) is 25.3 Å². The van der Waals surface area contributed by atoms with Crippen LogP contribution < -0.4 is 17.1 Å². The first-order valence-electron chi connectivity index (χ1n) is 13.8. The Bertz CT molecular complexity index is 1980. The van der Waals surface area contributed by atoms with Gasteiger partial charge >= 0.3 is 11.4 Å². The van der Waals surface area contributed by atoms with Crippen LogP contribution in [0, 0.1) is 0 Å². The summed E-state index contributed by atoms with van der Waals surface area (Å²) in [4.78, 5) is 43.2. The molecule has 41 heavy (non-hydrogen) atoms. The second-order valence-electron chi connectivity index (χ2n) is 10.7. The van der Waals surface area contributed by atoms with Crippen molar-refractivity contribution in [1.82, 2.24) is 29.8 Å². The van der Waals surface area contributed by atoms with E-state index >= 15 is 0 Å². The van der Waals surface area contributed by atoms with Gasteiger partial charge in [-0.25, -0.2) is 14.6 Å². The predicted octanol–water partition coefficient (Wildman–Crippen LogP) is 4.78. The number of nitrogen functional groups attached to an aromatic ring is 1. The Kier molecular flexibility index (Phi) is 6.20. The standard InChI is InChI=1S/C32H29N7O2/c33-29-25-17-24(21-4-2-1-3-5-21)28(36-30(25)38-32(41)37-29)22-8-6-19(7-9-22)18-39-14-12-20(13-15-39)23-10-11-26-27(16-23)35-31(40)34-26/h1-11,16-17,20H,12-15,18H2,(H2,34,35,40)(H3,33,36,37,38,41). The van der Waals surface area contributed by atoms with Gasteiger partial charge in [0.15, 0.2) is 5.65 Å². The van der Waals surface area contributed by atoms with E-state index in [0.717, 1.165) is 65.9 Å². The van der Waals surface area contributed by atoms with E-state index in [4.69, 9.17) is 10.7 Å². The molecule has 0 unspecified atom stereocenters. The Morgan fingerprint density at radius 2 is 1.56 bits per heavy atom. The van der Waals surface area contributed by atoms with Crippen molar-refractivity contribution < 1.29 is 0 Å². The third-order valence-corrected chi connectivity index (χ3v) is 8.06. The molecule has 0 saturated carbocycles. The fourth-order valence-corrected chi connectivity index (χ4v) is 5.91. The number of nitrogens with one attached hydrogen (secondary N) is 3. The lowest BCUT2D eigenvalue weighted by atomic mass is 9.89. The maximum Gasteiger partial charge on any atom is 0.348 e. The molecule has 1 saturated heterocycles. The number of nitrogens with two attached hydrogens (primary N) is 1. The Morgan fingerprint density at radius 3 is 2.34 bits per heavy atom. The maximum absolute atomic E-state index is 12.0. The number of fused-ring (bicyclic) bond motifs is 2. The van der Waals surface area contributed by atoms with Crippen molar-refractivity contribution in [3.8, 4) is 22.4 Å². The van der Waals surface area contributed by atoms with Crippen LogP contribution in [0.2, 0.25) is 0 Å². The number of anilines is 1. The van der Waals surface area contributed by atoms with E-state index in [9.17, 15) is 9.59 Å². The molecule has 9 nitrogen and oxygen atoms in total.